The number of ether oxygens (including phenoxy) is 2. The molecule has 0 aliphatic carbocycles. The van der Waals surface area contributed by atoms with E-state index in [0.717, 1.165) is 32.1 Å². The Labute approximate surface area is 329 Å². The zero-order valence-electron chi connectivity index (χ0n) is 36.0. The third-order valence-electron chi connectivity index (χ3n) is 10.2. The van der Waals surface area contributed by atoms with Crippen LogP contribution in [0.3, 0.4) is 0 Å². The summed E-state index contributed by atoms with van der Waals surface area (Å²) < 4.78 is 34.9. The van der Waals surface area contributed by atoms with Crippen molar-refractivity contribution in [2.24, 2.45) is 0 Å². The topological polar surface area (TPSA) is 91.3 Å². The van der Waals surface area contributed by atoms with Gasteiger partial charge in [0.05, 0.1) is 34.4 Å². The van der Waals surface area contributed by atoms with Gasteiger partial charge < -0.3 is 18.9 Å². The van der Waals surface area contributed by atoms with E-state index in [1.165, 1.54) is 167 Å². The number of esters is 1. The highest BCUT2D eigenvalue weighted by Crippen LogP contribution is 2.43. The summed E-state index contributed by atoms with van der Waals surface area (Å²) in [5.41, 5.74) is 0. The summed E-state index contributed by atoms with van der Waals surface area (Å²) in [7, 11) is 1.68. The summed E-state index contributed by atoms with van der Waals surface area (Å²) in [6.45, 7) is 5.64. The monoisotopic (exact) mass is 777 g/mol. The maximum atomic E-state index is 12.6. The van der Waals surface area contributed by atoms with Crippen LogP contribution >= 0.6 is 7.82 Å². The van der Waals surface area contributed by atoms with Crippen LogP contribution in [0.2, 0.25) is 0 Å². The number of rotatable bonds is 43. The Morgan fingerprint density at radius 1 is 0.509 bits per heavy atom. The molecule has 2 unspecified atom stereocenters. The number of hydrogen-bond donors (Lipinski definition) is 1. The third kappa shape index (κ3) is 42.5. The molecule has 0 saturated carbocycles. The Kier molecular flexibility index (Phi) is 38.0. The van der Waals surface area contributed by atoms with E-state index < -0.39 is 13.9 Å². The van der Waals surface area contributed by atoms with Gasteiger partial charge in [-0.2, -0.15) is 0 Å². The van der Waals surface area contributed by atoms with Crippen molar-refractivity contribution in [2.45, 2.75) is 225 Å². The van der Waals surface area contributed by atoms with E-state index in [1.54, 1.807) is 0 Å². The fourth-order valence-electron chi connectivity index (χ4n) is 6.61. The number of carbonyl (C=O) groups excluding carboxylic acids is 1. The maximum Gasteiger partial charge on any atom is 0.472 e. The van der Waals surface area contributed by atoms with Gasteiger partial charge in [-0.1, -0.05) is 200 Å². The zero-order valence-corrected chi connectivity index (χ0v) is 36.9. The lowest BCUT2D eigenvalue weighted by Crippen LogP contribution is -2.37. The van der Waals surface area contributed by atoms with Gasteiger partial charge in [0.1, 0.15) is 19.3 Å². The number of carbonyl (C=O) groups is 1. The SMILES string of the molecule is CCCCCCCCCCCCCCCCCCCCCCCCCOCC(COP(=O)(O)OCC[N+](C)(C)C)OC(=O)CCCCCCCCCC. The first kappa shape index (κ1) is 52.5. The highest BCUT2D eigenvalue weighted by atomic mass is 31.2. The van der Waals surface area contributed by atoms with Crippen molar-refractivity contribution in [1.82, 2.24) is 0 Å². The number of likely N-dealkylation sites (N-methyl/N-ethyl adjacent to an activating group) is 1. The Balaban J connectivity index is 3.96. The molecule has 0 amide bonds. The van der Waals surface area contributed by atoms with Crippen molar-refractivity contribution < 1.29 is 37.3 Å². The molecule has 0 rings (SSSR count). The van der Waals surface area contributed by atoms with Gasteiger partial charge in [0.15, 0.2) is 0 Å². The van der Waals surface area contributed by atoms with E-state index in [4.69, 9.17) is 18.5 Å². The Hall–Kier alpha value is -0.500. The van der Waals surface area contributed by atoms with E-state index in [-0.39, 0.29) is 25.8 Å². The molecule has 2 atom stereocenters. The lowest BCUT2D eigenvalue weighted by Gasteiger charge is -2.24. The van der Waals surface area contributed by atoms with Gasteiger partial charge in [0.25, 0.3) is 0 Å². The molecule has 0 spiro atoms. The van der Waals surface area contributed by atoms with Gasteiger partial charge >= 0.3 is 13.8 Å². The molecule has 0 aromatic carbocycles. The molecule has 0 aromatic heterocycles. The summed E-state index contributed by atoms with van der Waals surface area (Å²) in [5, 5.41) is 0. The Morgan fingerprint density at radius 2 is 0.868 bits per heavy atom. The number of hydrogen-bond acceptors (Lipinski definition) is 6. The van der Waals surface area contributed by atoms with Gasteiger partial charge in [-0.3, -0.25) is 13.8 Å². The second-order valence-corrected chi connectivity index (χ2v) is 18.3. The van der Waals surface area contributed by atoms with Crippen molar-refractivity contribution in [1.29, 1.82) is 0 Å². The smallest absolute Gasteiger partial charge is 0.457 e. The van der Waals surface area contributed by atoms with Crippen LogP contribution in [-0.2, 0) is 27.9 Å². The highest BCUT2D eigenvalue weighted by Gasteiger charge is 2.26. The highest BCUT2D eigenvalue weighted by molar-refractivity contribution is 7.47. The van der Waals surface area contributed by atoms with Gasteiger partial charge in [-0.15, -0.1) is 0 Å². The molecular formula is C44H91NO7P+. The van der Waals surface area contributed by atoms with Gasteiger partial charge in [-0.05, 0) is 12.8 Å². The first-order chi connectivity index (χ1) is 25.6. The summed E-state index contributed by atoms with van der Waals surface area (Å²) in [5.74, 6) is -0.313. The van der Waals surface area contributed by atoms with E-state index >= 15 is 0 Å². The first-order valence-electron chi connectivity index (χ1n) is 22.8. The summed E-state index contributed by atoms with van der Waals surface area (Å²) in [6, 6.07) is 0. The second kappa shape index (κ2) is 38.4. The Bertz CT molecular complexity index is 822. The van der Waals surface area contributed by atoms with Crippen LogP contribution in [0, 0.1) is 0 Å². The summed E-state index contributed by atoms with van der Waals surface area (Å²) >= 11 is 0. The van der Waals surface area contributed by atoms with E-state index in [9.17, 15) is 14.3 Å². The van der Waals surface area contributed by atoms with Gasteiger partial charge in [0, 0.05) is 13.0 Å². The average Bonchev–Trinajstić information content (AvgIpc) is 3.11. The van der Waals surface area contributed by atoms with Crippen molar-refractivity contribution in [3.05, 3.63) is 0 Å². The molecule has 0 aliphatic heterocycles. The van der Waals surface area contributed by atoms with Crippen molar-refractivity contribution in [3.63, 3.8) is 0 Å². The van der Waals surface area contributed by atoms with E-state index in [2.05, 4.69) is 13.8 Å². The molecule has 9 heteroatoms. The van der Waals surface area contributed by atoms with Gasteiger partial charge in [-0.25, -0.2) is 4.57 Å². The van der Waals surface area contributed by atoms with Crippen LogP contribution in [-0.4, -0.2) is 75.6 Å². The molecule has 0 radical (unpaired) electrons. The predicted octanol–water partition coefficient (Wildman–Crippen LogP) is 13.3. The van der Waals surface area contributed by atoms with Crippen molar-refractivity contribution in [3.8, 4) is 0 Å². The van der Waals surface area contributed by atoms with Crippen molar-refractivity contribution >= 4 is 13.8 Å². The minimum absolute atomic E-state index is 0.0935. The van der Waals surface area contributed by atoms with E-state index in [1.807, 2.05) is 21.1 Å². The number of phosphoric ester groups is 1. The molecule has 318 valence electrons. The Morgan fingerprint density at radius 3 is 1.25 bits per heavy atom. The number of nitrogens with zero attached hydrogens (tertiary/aromatic N) is 1. The van der Waals surface area contributed by atoms with Crippen LogP contribution < -0.4 is 0 Å². The molecule has 8 nitrogen and oxygen atoms in total. The molecule has 0 fully saturated rings. The molecule has 0 heterocycles. The first-order valence-corrected chi connectivity index (χ1v) is 24.3. The molecule has 0 aromatic rings. The minimum atomic E-state index is -4.26. The predicted molar refractivity (Wildman–Crippen MR) is 224 cm³/mol. The zero-order chi connectivity index (χ0) is 39.1. The van der Waals surface area contributed by atoms with Crippen molar-refractivity contribution in [2.75, 3.05) is 54.1 Å². The lowest BCUT2D eigenvalue weighted by molar-refractivity contribution is -0.870. The normalized spacial score (nSPS) is 13.7. The minimum Gasteiger partial charge on any atom is -0.457 e. The molecule has 0 bridgehead atoms. The number of phosphoric acid groups is 1. The fourth-order valence-corrected chi connectivity index (χ4v) is 7.35. The third-order valence-corrected chi connectivity index (χ3v) is 11.2. The molecule has 0 saturated heterocycles. The van der Waals surface area contributed by atoms with Gasteiger partial charge in [0.2, 0.25) is 0 Å². The molecule has 53 heavy (non-hydrogen) atoms. The fraction of sp³-hybridized carbons (Fsp3) is 0.977. The van der Waals surface area contributed by atoms with Crippen LogP contribution in [0.1, 0.15) is 219 Å². The second-order valence-electron chi connectivity index (χ2n) is 16.8. The molecule has 1 N–H and O–H groups in total. The van der Waals surface area contributed by atoms with E-state index in [0.29, 0.717) is 24.1 Å². The standard InChI is InChI=1S/C44H90NO7P/c1-6-8-10-12-14-16-17-18-19-20-21-22-23-24-25-26-27-28-29-30-32-34-36-39-49-41-43(42-51-53(47,48)50-40-38-45(3,4)5)52-44(46)37-35-33-31-15-13-11-9-7-2/h43H,6-42H2,1-5H3/p+1. The largest absolute Gasteiger partial charge is 0.472 e. The summed E-state index contributed by atoms with van der Waals surface area (Å²) in [6.07, 6.45) is 40.2. The maximum absolute atomic E-state index is 12.6. The quantitative estimate of drug-likeness (QED) is 0.0285. The lowest BCUT2D eigenvalue weighted by atomic mass is 10.0. The van der Waals surface area contributed by atoms with Crippen LogP contribution in [0.5, 0.6) is 0 Å². The number of quaternary nitrogens is 1. The summed E-state index contributed by atoms with van der Waals surface area (Å²) in [4.78, 5) is 22.7. The van der Waals surface area contributed by atoms with Crippen LogP contribution in [0.15, 0.2) is 0 Å². The average molecular weight is 777 g/mol. The molecular weight excluding hydrogens is 685 g/mol. The number of unbranched alkanes of at least 4 members (excludes halogenated alkanes) is 29. The molecule has 0 aliphatic rings. The van der Waals surface area contributed by atoms with Crippen LogP contribution in [0.25, 0.3) is 0 Å². The van der Waals surface area contributed by atoms with Crippen LogP contribution in [0.4, 0.5) is 0 Å².